The summed E-state index contributed by atoms with van der Waals surface area (Å²) in [4.78, 5) is 12.4. The summed E-state index contributed by atoms with van der Waals surface area (Å²) in [5, 5.41) is 0. The Hall–Kier alpha value is -1.35. The maximum absolute atomic E-state index is 12.4. The average molecular weight is 341 g/mol. The lowest BCUT2D eigenvalue weighted by molar-refractivity contribution is -0.128. The lowest BCUT2D eigenvalue weighted by Crippen LogP contribution is -2.40. The van der Waals surface area contributed by atoms with Crippen LogP contribution in [0, 0.1) is 17.3 Å². The summed E-state index contributed by atoms with van der Waals surface area (Å²) in [6, 6.07) is 6.65. The van der Waals surface area contributed by atoms with Crippen molar-refractivity contribution in [2.24, 2.45) is 17.3 Å². The van der Waals surface area contributed by atoms with Gasteiger partial charge in [-0.3, -0.25) is 4.79 Å². The zero-order valence-electron chi connectivity index (χ0n) is 15.3. The van der Waals surface area contributed by atoms with E-state index in [2.05, 4.69) is 56.9 Å². The normalized spacial score (nSPS) is 34.5. The molecule has 2 saturated carbocycles. The highest BCUT2D eigenvalue weighted by Gasteiger charge is 2.53. The van der Waals surface area contributed by atoms with E-state index < -0.39 is 8.32 Å². The molecule has 3 heteroatoms. The molecule has 0 unspecified atom stereocenters. The maximum atomic E-state index is 12.4. The lowest BCUT2D eigenvalue weighted by Gasteiger charge is -2.46. The Labute approximate surface area is 146 Å². The van der Waals surface area contributed by atoms with Gasteiger partial charge in [0, 0.05) is 11.8 Å². The molecular weight excluding hydrogens is 312 g/mol. The van der Waals surface area contributed by atoms with Crippen molar-refractivity contribution in [1.29, 1.82) is 0 Å². The van der Waals surface area contributed by atoms with Gasteiger partial charge in [0.25, 0.3) is 0 Å². The Bertz CT molecular complexity index is 715. The fourth-order valence-corrected chi connectivity index (χ4v) is 6.10. The number of allylic oxidation sites excluding steroid dienone is 1. The minimum atomic E-state index is -1.57. The third-order valence-electron chi connectivity index (χ3n) is 6.42. The van der Waals surface area contributed by atoms with E-state index in [0.717, 1.165) is 31.4 Å². The Kier molecular flexibility index (Phi) is 3.58. The van der Waals surface area contributed by atoms with E-state index in [-0.39, 0.29) is 5.41 Å². The van der Waals surface area contributed by atoms with Gasteiger partial charge in [0.05, 0.1) is 0 Å². The monoisotopic (exact) mass is 340 g/mol. The van der Waals surface area contributed by atoms with Crippen LogP contribution in [0.5, 0.6) is 5.75 Å². The molecule has 3 aliphatic carbocycles. The molecule has 1 aromatic rings. The minimum absolute atomic E-state index is 0.0656. The van der Waals surface area contributed by atoms with Crippen LogP contribution in [-0.4, -0.2) is 14.1 Å². The van der Waals surface area contributed by atoms with Crippen LogP contribution < -0.4 is 4.43 Å². The van der Waals surface area contributed by atoms with E-state index in [1.54, 1.807) is 0 Å². The van der Waals surface area contributed by atoms with Crippen LogP contribution in [0.1, 0.15) is 49.7 Å². The van der Waals surface area contributed by atoms with E-state index in [4.69, 9.17) is 4.43 Å². The van der Waals surface area contributed by atoms with Gasteiger partial charge < -0.3 is 4.43 Å². The number of hydrogen-bond acceptors (Lipinski definition) is 2. The van der Waals surface area contributed by atoms with Crippen molar-refractivity contribution in [2.45, 2.75) is 58.2 Å². The van der Waals surface area contributed by atoms with Crippen molar-refractivity contribution in [3.05, 3.63) is 35.4 Å². The Morgan fingerprint density at radius 1 is 1.21 bits per heavy atom. The zero-order valence-corrected chi connectivity index (χ0v) is 16.3. The summed E-state index contributed by atoms with van der Waals surface area (Å²) in [7, 11) is -1.57. The number of carbonyl (C=O) groups is 1. The van der Waals surface area contributed by atoms with Crippen molar-refractivity contribution in [3.8, 4) is 5.75 Å². The standard InChI is InChI=1S/C21H28O2Si/c1-21-12-11-17-16-8-6-15(23-24(2,3)4)13-14(16)5-7-18(17)19(21)9-10-20(21)22/h5-8,13,17-19H,9-12H2,1-4H3/t17-,18-,19+,21+/m1/s1. The van der Waals surface area contributed by atoms with Gasteiger partial charge in [-0.05, 0) is 79.9 Å². The molecule has 0 aliphatic heterocycles. The van der Waals surface area contributed by atoms with Crippen LogP contribution in [0.15, 0.2) is 24.3 Å². The van der Waals surface area contributed by atoms with Gasteiger partial charge >= 0.3 is 0 Å². The average Bonchev–Trinajstić information content (AvgIpc) is 2.81. The van der Waals surface area contributed by atoms with Crippen LogP contribution >= 0.6 is 0 Å². The van der Waals surface area contributed by atoms with Crippen molar-refractivity contribution in [1.82, 2.24) is 0 Å². The highest BCUT2D eigenvalue weighted by atomic mass is 28.4. The fraction of sp³-hybridized carbons (Fsp3) is 0.571. The lowest BCUT2D eigenvalue weighted by atomic mass is 9.57. The molecule has 0 radical (unpaired) electrons. The summed E-state index contributed by atoms with van der Waals surface area (Å²) in [6.07, 6.45) is 8.72. The SMILES string of the molecule is C[C@]12CC[C@@H]3c4ccc(O[Si](C)(C)C)cc4C=C[C@H]3[C@@H]1CCC2=O. The van der Waals surface area contributed by atoms with Crippen LogP contribution in [0.2, 0.25) is 19.6 Å². The van der Waals surface area contributed by atoms with Crippen LogP contribution in [0.3, 0.4) is 0 Å². The molecule has 24 heavy (non-hydrogen) atoms. The first kappa shape index (κ1) is 16.1. The van der Waals surface area contributed by atoms with Crippen LogP contribution in [0.25, 0.3) is 6.08 Å². The molecule has 2 fully saturated rings. The maximum Gasteiger partial charge on any atom is 0.242 e. The van der Waals surface area contributed by atoms with E-state index in [9.17, 15) is 4.79 Å². The summed E-state index contributed by atoms with van der Waals surface area (Å²) in [6.45, 7) is 8.88. The first-order valence-electron chi connectivity index (χ1n) is 9.32. The number of ketones is 1. The summed E-state index contributed by atoms with van der Waals surface area (Å²) in [5.41, 5.74) is 2.72. The molecule has 3 aliphatic rings. The van der Waals surface area contributed by atoms with Gasteiger partial charge in [-0.25, -0.2) is 0 Å². The fourth-order valence-electron chi connectivity index (χ4n) is 5.27. The van der Waals surface area contributed by atoms with E-state index >= 15 is 0 Å². The molecule has 0 saturated heterocycles. The van der Waals surface area contributed by atoms with Gasteiger partial charge in [0.15, 0.2) is 0 Å². The second-order valence-electron chi connectivity index (χ2n) is 9.07. The summed E-state index contributed by atoms with van der Waals surface area (Å²) in [5.74, 6) is 3.16. The molecular formula is C21H28O2Si. The van der Waals surface area contributed by atoms with E-state index in [1.165, 1.54) is 11.1 Å². The molecule has 0 N–H and O–H groups in total. The number of hydrogen-bond donors (Lipinski definition) is 0. The van der Waals surface area contributed by atoms with Crippen molar-refractivity contribution in [3.63, 3.8) is 0 Å². The third-order valence-corrected chi connectivity index (χ3v) is 7.27. The second kappa shape index (κ2) is 5.32. The van der Waals surface area contributed by atoms with Crippen molar-refractivity contribution in [2.75, 3.05) is 0 Å². The Balaban J connectivity index is 1.66. The van der Waals surface area contributed by atoms with Gasteiger partial charge in [-0.2, -0.15) is 0 Å². The molecule has 128 valence electrons. The predicted molar refractivity (Wildman–Crippen MR) is 101 cm³/mol. The van der Waals surface area contributed by atoms with Crippen molar-refractivity contribution >= 4 is 20.2 Å². The zero-order chi connectivity index (χ0) is 17.1. The number of Topliss-reactive ketones (excluding diaryl/α,β-unsaturated/α-hetero) is 1. The minimum Gasteiger partial charge on any atom is -0.544 e. The molecule has 4 atom stereocenters. The van der Waals surface area contributed by atoms with Crippen molar-refractivity contribution < 1.29 is 9.22 Å². The molecule has 4 rings (SSSR count). The highest BCUT2D eigenvalue weighted by Crippen LogP contribution is 2.58. The molecule has 2 nitrogen and oxygen atoms in total. The summed E-state index contributed by atoms with van der Waals surface area (Å²) < 4.78 is 6.16. The topological polar surface area (TPSA) is 26.3 Å². The van der Waals surface area contributed by atoms with Gasteiger partial charge in [-0.1, -0.05) is 25.1 Å². The molecule has 0 heterocycles. The molecule has 0 spiro atoms. The Morgan fingerprint density at radius 2 is 2.00 bits per heavy atom. The van der Waals surface area contributed by atoms with Crippen LogP contribution in [-0.2, 0) is 4.79 Å². The van der Waals surface area contributed by atoms with E-state index in [0.29, 0.717) is 23.5 Å². The smallest absolute Gasteiger partial charge is 0.242 e. The molecule has 0 amide bonds. The van der Waals surface area contributed by atoms with Gasteiger partial charge in [0.2, 0.25) is 8.32 Å². The number of benzene rings is 1. The number of fused-ring (bicyclic) bond motifs is 5. The first-order chi connectivity index (χ1) is 11.3. The number of carbonyl (C=O) groups excluding carboxylic acids is 1. The molecule has 1 aromatic carbocycles. The number of rotatable bonds is 2. The summed E-state index contributed by atoms with van der Waals surface area (Å²) >= 11 is 0. The second-order valence-corrected chi connectivity index (χ2v) is 13.5. The molecule has 0 bridgehead atoms. The third kappa shape index (κ3) is 2.48. The quantitative estimate of drug-likeness (QED) is 0.673. The van der Waals surface area contributed by atoms with Crippen LogP contribution in [0.4, 0.5) is 0 Å². The predicted octanol–water partition coefficient (Wildman–Crippen LogP) is 5.41. The highest BCUT2D eigenvalue weighted by molar-refractivity contribution is 6.70. The first-order valence-corrected chi connectivity index (χ1v) is 12.7. The molecule has 0 aromatic heterocycles. The Morgan fingerprint density at radius 3 is 2.75 bits per heavy atom. The van der Waals surface area contributed by atoms with Gasteiger partial charge in [0.1, 0.15) is 11.5 Å². The van der Waals surface area contributed by atoms with Gasteiger partial charge in [-0.15, -0.1) is 0 Å². The van der Waals surface area contributed by atoms with E-state index in [1.807, 2.05) is 0 Å². The largest absolute Gasteiger partial charge is 0.544 e.